The molecule has 172 valence electrons. The molecular weight excluding hydrogens is 416 g/mol. The molecule has 0 radical (unpaired) electrons. The van der Waals surface area contributed by atoms with E-state index in [1.165, 1.54) is 39.4 Å². The van der Waals surface area contributed by atoms with E-state index in [-0.39, 0.29) is 28.7 Å². The molecular formula is C23H28N2O7. The molecule has 0 saturated carbocycles. The van der Waals surface area contributed by atoms with Crippen molar-refractivity contribution in [2.24, 2.45) is 0 Å². The predicted octanol–water partition coefficient (Wildman–Crippen LogP) is 2.68. The number of rotatable bonds is 8. The Labute approximate surface area is 187 Å². The van der Waals surface area contributed by atoms with Gasteiger partial charge in [-0.3, -0.25) is 4.79 Å². The van der Waals surface area contributed by atoms with Crippen LogP contribution in [0, 0.1) is 0 Å². The number of allylic oxidation sites excluding steroid dienone is 2. The zero-order valence-electron chi connectivity index (χ0n) is 19.1. The van der Waals surface area contributed by atoms with Gasteiger partial charge in [-0.2, -0.15) is 0 Å². The number of esters is 2. The average Bonchev–Trinajstić information content (AvgIpc) is 3.05. The van der Waals surface area contributed by atoms with Gasteiger partial charge in [0.1, 0.15) is 5.70 Å². The third kappa shape index (κ3) is 4.77. The molecule has 1 heterocycles. The normalized spacial score (nSPS) is 12.9. The van der Waals surface area contributed by atoms with E-state index in [2.05, 4.69) is 0 Å². The summed E-state index contributed by atoms with van der Waals surface area (Å²) in [5, 5.41) is 0. The fraction of sp³-hybridized carbons (Fsp3) is 0.348. The van der Waals surface area contributed by atoms with Crippen molar-refractivity contribution in [3.05, 3.63) is 53.4 Å². The second-order valence-corrected chi connectivity index (χ2v) is 6.52. The van der Waals surface area contributed by atoms with E-state index < -0.39 is 11.9 Å². The summed E-state index contributed by atoms with van der Waals surface area (Å²) in [7, 11) is 5.31. The predicted molar refractivity (Wildman–Crippen MR) is 119 cm³/mol. The van der Waals surface area contributed by atoms with Gasteiger partial charge < -0.3 is 28.7 Å². The molecule has 1 aliphatic rings. The second kappa shape index (κ2) is 11.0. The molecule has 0 aliphatic carbocycles. The Bertz CT molecular complexity index is 975. The lowest BCUT2D eigenvalue weighted by Crippen LogP contribution is -2.31. The van der Waals surface area contributed by atoms with Gasteiger partial charge in [0.15, 0.2) is 11.5 Å². The first-order chi connectivity index (χ1) is 15.4. The molecule has 9 heteroatoms. The van der Waals surface area contributed by atoms with Crippen LogP contribution in [0.5, 0.6) is 11.5 Å². The molecule has 0 unspecified atom stereocenters. The Balaban J connectivity index is 2.84. The van der Waals surface area contributed by atoms with Gasteiger partial charge in [-0.1, -0.05) is 6.08 Å². The SMILES string of the molecule is CCN(CC)C(=O)c1cc(OC)c(OC)c(N2C=CC=CC(C(=O)OC)=C2C(=O)OC)c1. The molecule has 9 nitrogen and oxygen atoms in total. The zero-order chi connectivity index (χ0) is 23.8. The summed E-state index contributed by atoms with van der Waals surface area (Å²) >= 11 is 0. The maximum atomic E-state index is 13.1. The first kappa shape index (κ1) is 24.5. The Morgan fingerprint density at radius 3 is 2.09 bits per heavy atom. The number of amides is 1. The summed E-state index contributed by atoms with van der Waals surface area (Å²) in [6.07, 6.45) is 6.22. The van der Waals surface area contributed by atoms with Crippen LogP contribution in [0.15, 0.2) is 47.8 Å². The minimum atomic E-state index is -0.775. The molecule has 1 aromatic carbocycles. The molecule has 0 aromatic heterocycles. The molecule has 2 rings (SSSR count). The van der Waals surface area contributed by atoms with Crippen LogP contribution < -0.4 is 14.4 Å². The number of carbonyl (C=O) groups excluding carboxylic acids is 3. The van der Waals surface area contributed by atoms with Gasteiger partial charge in [-0.05, 0) is 38.1 Å². The molecule has 0 saturated heterocycles. The molecule has 1 aliphatic heterocycles. The smallest absolute Gasteiger partial charge is 0.355 e. The third-order valence-electron chi connectivity index (χ3n) is 4.91. The van der Waals surface area contributed by atoms with Gasteiger partial charge in [0, 0.05) is 24.9 Å². The van der Waals surface area contributed by atoms with E-state index in [0.717, 1.165) is 0 Å². The Morgan fingerprint density at radius 1 is 0.906 bits per heavy atom. The van der Waals surface area contributed by atoms with Gasteiger partial charge in [0.25, 0.3) is 5.91 Å². The van der Waals surface area contributed by atoms with Crippen LogP contribution in [0.25, 0.3) is 0 Å². The first-order valence-corrected chi connectivity index (χ1v) is 9.98. The molecule has 32 heavy (non-hydrogen) atoms. The third-order valence-corrected chi connectivity index (χ3v) is 4.91. The van der Waals surface area contributed by atoms with Crippen molar-refractivity contribution < 1.29 is 33.3 Å². The van der Waals surface area contributed by atoms with E-state index in [1.807, 2.05) is 13.8 Å². The maximum Gasteiger partial charge on any atom is 0.355 e. The summed E-state index contributed by atoms with van der Waals surface area (Å²) in [5.74, 6) is -1.17. The number of ether oxygens (including phenoxy) is 4. The van der Waals surface area contributed by atoms with Crippen LogP contribution in [0.3, 0.4) is 0 Å². The van der Waals surface area contributed by atoms with Crippen molar-refractivity contribution in [2.75, 3.05) is 46.4 Å². The lowest BCUT2D eigenvalue weighted by molar-refractivity contribution is -0.139. The van der Waals surface area contributed by atoms with Gasteiger partial charge in [0.05, 0.1) is 39.7 Å². The summed E-state index contributed by atoms with van der Waals surface area (Å²) in [6.45, 7) is 4.80. The largest absolute Gasteiger partial charge is 0.493 e. The highest BCUT2D eigenvalue weighted by Gasteiger charge is 2.31. The van der Waals surface area contributed by atoms with Crippen LogP contribution in [0.2, 0.25) is 0 Å². The van der Waals surface area contributed by atoms with Crippen LogP contribution in [0.4, 0.5) is 5.69 Å². The number of benzene rings is 1. The van der Waals surface area contributed by atoms with Crippen molar-refractivity contribution in [3.8, 4) is 11.5 Å². The Kier molecular flexibility index (Phi) is 8.46. The van der Waals surface area contributed by atoms with Gasteiger partial charge >= 0.3 is 11.9 Å². The summed E-state index contributed by atoms with van der Waals surface area (Å²) < 4.78 is 20.8. The van der Waals surface area contributed by atoms with Crippen molar-refractivity contribution in [2.45, 2.75) is 13.8 Å². The van der Waals surface area contributed by atoms with Crippen LogP contribution in [-0.4, -0.2) is 64.3 Å². The van der Waals surface area contributed by atoms with Gasteiger partial charge in [-0.25, -0.2) is 9.59 Å². The minimum absolute atomic E-state index is 0.0224. The molecule has 1 amide bonds. The van der Waals surface area contributed by atoms with Gasteiger partial charge in [-0.15, -0.1) is 0 Å². The first-order valence-electron chi connectivity index (χ1n) is 9.98. The maximum absolute atomic E-state index is 13.1. The highest BCUT2D eigenvalue weighted by Crippen LogP contribution is 2.42. The number of methoxy groups -OCH3 is 4. The van der Waals surface area contributed by atoms with Crippen molar-refractivity contribution >= 4 is 23.5 Å². The fourth-order valence-corrected chi connectivity index (χ4v) is 3.29. The van der Waals surface area contributed by atoms with E-state index in [1.54, 1.807) is 35.4 Å². The monoisotopic (exact) mass is 444 g/mol. The Hall–Kier alpha value is -3.75. The Morgan fingerprint density at radius 2 is 1.56 bits per heavy atom. The number of carbonyl (C=O) groups is 3. The summed E-state index contributed by atoms with van der Waals surface area (Å²) in [6, 6.07) is 3.15. The fourth-order valence-electron chi connectivity index (χ4n) is 3.29. The molecule has 0 spiro atoms. The van der Waals surface area contributed by atoms with Crippen molar-refractivity contribution in [1.29, 1.82) is 0 Å². The average molecular weight is 444 g/mol. The lowest BCUT2D eigenvalue weighted by atomic mass is 10.1. The lowest BCUT2D eigenvalue weighted by Gasteiger charge is -2.27. The van der Waals surface area contributed by atoms with Crippen LogP contribution >= 0.6 is 0 Å². The van der Waals surface area contributed by atoms with Crippen molar-refractivity contribution in [1.82, 2.24) is 4.90 Å². The summed E-state index contributed by atoms with van der Waals surface area (Å²) in [4.78, 5) is 41.3. The minimum Gasteiger partial charge on any atom is -0.493 e. The van der Waals surface area contributed by atoms with E-state index in [0.29, 0.717) is 24.3 Å². The molecule has 0 bridgehead atoms. The summed E-state index contributed by atoms with van der Waals surface area (Å²) in [5.41, 5.74) is 0.517. The molecule has 0 atom stereocenters. The second-order valence-electron chi connectivity index (χ2n) is 6.52. The molecule has 0 N–H and O–H groups in total. The topological polar surface area (TPSA) is 94.6 Å². The zero-order valence-corrected chi connectivity index (χ0v) is 19.1. The molecule has 1 aromatic rings. The van der Waals surface area contributed by atoms with Crippen LogP contribution in [0.1, 0.15) is 24.2 Å². The number of nitrogens with zero attached hydrogens (tertiary/aromatic N) is 2. The van der Waals surface area contributed by atoms with Gasteiger partial charge in [0.2, 0.25) is 0 Å². The van der Waals surface area contributed by atoms with Crippen LogP contribution in [-0.2, 0) is 19.1 Å². The number of hydrogen-bond donors (Lipinski definition) is 0. The van der Waals surface area contributed by atoms with E-state index in [9.17, 15) is 14.4 Å². The number of hydrogen-bond acceptors (Lipinski definition) is 8. The standard InChI is InChI=1S/C23H28N2O7/c1-7-24(8-2)21(26)15-13-17(20(30-4)18(14-15)29-3)25-12-10-9-11-16(22(27)31-5)19(25)23(28)32-6/h9-14H,7-8H2,1-6H3. The van der Waals surface area contributed by atoms with E-state index >= 15 is 0 Å². The highest BCUT2D eigenvalue weighted by molar-refractivity contribution is 6.06. The number of anilines is 1. The van der Waals surface area contributed by atoms with Crippen molar-refractivity contribution in [3.63, 3.8) is 0 Å². The highest BCUT2D eigenvalue weighted by atomic mass is 16.5. The quantitative estimate of drug-likeness (QED) is 0.565. The van der Waals surface area contributed by atoms with E-state index in [4.69, 9.17) is 18.9 Å². The molecule has 0 fully saturated rings.